The van der Waals surface area contributed by atoms with Crippen molar-refractivity contribution in [2.45, 2.75) is 13.2 Å². The van der Waals surface area contributed by atoms with Crippen LogP contribution in [0, 0.1) is 0 Å². The molecule has 1 heterocycles. The standard InChI is InChI=1S/C15H8N4O2.C4H11NO/c20-13-9-3-1-2-4-10(9)14(21)12-7-8(5-6-11(12)13)15-16-18-19-17-15;1-4(6)5(2)3/h1-7H,(H,16,17,18,19);4,6H,1-3H3. The minimum Gasteiger partial charge on any atom is -0.379 e. The van der Waals surface area contributed by atoms with E-state index in [1.165, 1.54) is 0 Å². The predicted molar refractivity (Wildman–Crippen MR) is 98.3 cm³/mol. The van der Waals surface area contributed by atoms with Gasteiger partial charge in [-0.05, 0) is 38.4 Å². The summed E-state index contributed by atoms with van der Waals surface area (Å²) in [5, 5.41) is 22.2. The van der Waals surface area contributed by atoms with Gasteiger partial charge in [0.05, 0.1) is 0 Å². The van der Waals surface area contributed by atoms with Crippen LogP contribution in [0.4, 0.5) is 0 Å². The summed E-state index contributed by atoms with van der Waals surface area (Å²) in [6.07, 6.45) is -0.315. The number of carbonyl (C=O) groups is 2. The number of benzene rings is 2. The summed E-state index contributed by atoms with van der Waals surface area (Å²) in [7, 11) is 3.65. The third-order valence-corrected chi connectivity index (χ3v) is 4.28. The average molecular weight is 365 g/mol. The molecule has 0 saturated carbocycles. The van der Waals surface area contributed by atoms with Crippen LogP contribution >= 0.6 is 0 Å². The number of aromatic amines is 1. The number of H-pyrrole nitrogens is 1. The van der Waals surface area contributed by atoms with Gasteiger partial charge in [0, 0.05) is 27.8 Å². The third-order valence-electron chi connectivity index (χ3n) is 4.28. The molecule has 138 valence electrons. The number of aliphatic hydroxyl groups excluding tert-OH is 1. The van der Waals surface area contributed by atoms with Crippen molar-refractivity contribution in [1.82, 2.24) is 25.5 Å². The molecule has 0 fully saturated rings. The van der Waals surface area contributed by atoms with Crippen LogP contribution in [0.2, 0.25) is 0 Å². The van der Waals surface area contributed by atoms with E-state index in [0.717, 1.165) is 0 Å². The minimum atomic E-state index is -0.315. The summed E-state index contributed by atoms with van der Waals surface area (Å²) in [4.78, 5) is 26.7. The Bertz CT molecular complexity index is 975. The molecule has 0 amide bonds. The molecule has 8 heteroatoms. The van der Waals surface area contributed by atoms with E-state index in [0.29, 0.717) is 33.6 Å². The number of nitrogens with one attached hydrogen (secondary N) is 1. The number of tetrazole rings is 1. The molecule has 0 spiro atoms. The quantitative estimate of drug-likeness (QED) is 0.518. The molecule has 1 aliphatic rings. The van der Waals surface area contributed by atoms with Crippen molar-refractivity contribution in [2.75, 3.05) is 14.1 Å². The van der Waals surface area contributed by atoms with Crippen LogP contribution < -0.4 is 0 Å². The van der Waals surface area contributed by atoms with Gasteiger partial charge in [0.1, 0.15) is 6.23 Å². The Kier molecular flexibility index (Phi) is 5.20. The van der Waals surface area contributed by atoms with Gasteiger partial charge in [0.15, 0.2) is 11.6 Å². The van der Waals surface area contributed by atoms with Gasteiger partial charge in [0.2, 0.25) is 5.82 Å². The second kappa shape index (κ2) is 7.56. The summed E-state index contributed by atoms with van der Waals surface area (Å²) in [5.74, 6) is 0.0855. The zero-order chi connectivity index (χ0) is 19.6. The van der Waals surface area contributed by atoms with Gasteiger partial charge in [-0.25, -0.2) is 0 Å². The lowest BCUT2D eigenvalue weighted by molar-refractivity contribution is 0.0578. The fraction of sp³-hybridized carbons (Fsp3) is 0.211. The smallest absolute Gasteiger partial charge is 0.204 e. The van der Waals surface area contributed by atoms with Gasteiger partial charge in [0.25, 0.3) is 0 Å². The molecule has 0 aliphatic heterocycles. The van der Waals surface area contributed by atoms with E-state index in [-0.39, 0.29) is 17.8 Å². The molecular formula is C19H19N5O3. The van der Waals surface area contributed by atoms with Crippen molar-refractivity contribution in [3.05, 3.63) is 64.7 Å². The summed E-state index contributed by atoms with van der Waals surface area (Å²) >= 11 is 0. The van der Waals surface area contributed by atoms with Crippen molar-refractivity contribution in [2.24, 2.45) is 0 Å². The molecule has 27 heavy (non-hydrogen) atoms. The average Bonchev–Trinajstić information content (AvgIpc) is 3.21. The molecule has 1 aromatic heterocycles. The van der Waals surface area contributed by atoms with E-state index in [9.17, 15) is 9.59 Å². The molecule has 2 N–H and O–H groups in total. The number of hydrogen-bond donors (Lipinski definition) is 2. The Morgan fingerprint density at radius 3 is 2.04 bits per heavy atom. The zero-order valence-corrected chi connectivity index (χ0v) is 15.2. The van der Waals surface area contributed by atoms with Crippen molar-refractivity contribution in [3.8, 4) is 11.4 Å². The molecule has 0 radical (unpaired) electrons. The maximum absolute atomic E-state index is 12.6. The van der Waals surface area contributed by atoms with Crippen LogP contribution in [0.1, 0.15) is 38.8 Å². The highest BCUT2D eigenvalue weighted by Gasteiger charge is 2.29. The summed E-state index contributed by atoms with van der Waals surface area (Å²) in [6, 6.07) is 11.8. The van der Waals surface area contributed by atoms with Crippen LogP contribution in [0.15, 0.2) is 42.5 Å². The first-order valence-electron chi connectivity index (χ1n) is 8.31. The van der Waals surface area contributed by atoms with E-state index in [1.54, 1.807) is 54.3 Å². The van der Waals surface area contributed by atoms with Gasteiger partial charge in [-0.3, -0.25) is 14.5 Å². The Balaban J connectivity index is 0.000000307. The lowest BCUT2D eigenvalue weighted by atomic mass is 9.83. The molecule has 8 nitrogen and oxygen atoms in total. The van der Waals surface area contributed by atoms with E-state index >= 15 is 0 Å². The number of carbonyl (C=O) groups excluding carboxylic acids is 2. The predicted octanol–water partition coefficient (Wildman–Crippen LogP) is 1.53. The number of hydrogen-bond acceptors (Lipinski definition) is 7. The molecule has 0 saturated heterocycles. The van der Waals surface area contributed by atoms with E-state index in [4.69, 9.17) is 5.11 Å². The molecule has 1 atom stereocenters. The minimum absolute atomic E-state index is 0.139. The van der Waals surface area contributed by atoms with Gasteiger partial charge in [-0.1, -0.05) is 30.3 Å². The SMILES string of the molecule is CC(O)N(C)C.O=C1c2ccccc2C(=O)c2cc(-c3nn[nH]n3)ccc21. The van der Waals surface area contributed by atoms with Gasteiger partial charge in [-0.2, -0.15) is 5.21 Å². The first-order valence-corrected chi connectivity index (χ1v) is 8.31. The van der Waals surface area contributed by atoms with Crippen LogP contribution in [-0.2, 0) is 0 Å². The number of fused-ring (bicyclic) bond motifs is 2. The number of aromatic nitrogens is 4. The van der Waals surface area contributed by atoms with Crippen LogP contribution in [0.25, 0.3) is 11.4 Å². The molecule has 4 rings (SSSR count). The maximum Gasteiger partial charge on any atom is 0.204 e. The lowest BCUT2D eigenvalue weighted by Crippen LogP contribution is -2.23. The number of ketones is 2. The number of aliphatic hydroxyl groups is 1. The monoisotopic (exact) mass is 365 g/mol. The normalized spacial score (nSPS) is 13.5. The van der Waals surface area contributed by atoms with Gasteiger partial charge < -0.3 is 5.11 Å². The van der Waals surface area contributed by atoms with Crippen molar-refractivity contribution >= 4 is 11.6 Å². The summed E-state index contributed by atoms with van der Waals surface area (Å²) in [6.45, 7) is 1.72. The Labute approximate surface area is 155 Å². The highest BCUT2D eigenvalue weighted by atomic mass is 16.3. The fourth-order valence-corrected chi connectivity index (χ4v) is 2.52. The third kappa shape index (κ3) is 3.67. The Hall–Kier alpha value is -3.23. The lowest BCUT2D eigenvalue weighted by Gasteiger charge is -2.17. The van der Waals surface area contributed by atoms with Crippen LogP contribution in [-0.4, -0.2) is 62.5 Å². The first kappa shape index (κ1) is 18.6. The maximum atomic E-state index is 12.6. The Morgan fingerprint density at radius 2 is 1.52 bits per heavy atom. The van der Waals surface area contributed by atoms with Crippen LogP contribution in [0.3, 0.4) is 0 Å². The highest BCUT2D eigenvalue weighted by Crippen LogP contribution is 2.29. The van der Waals surface area contributed by atoms with Crippen molar-refractivity contribution in [3.63, 3.8) is 0 Å². The first-order chi connectivity index (χ1) is 12.9. The second-order valence-electron chi connectivity index (χ2n) is 6.30. The molecule has 1 unspecified atom stereocenters. The van der Waals surface area contributed by atoms with E-state index in [2.05, 4.69) is 20.6 Å². The largest absolute Gasteiger partial charge is 0.379 e. The number of nitrogens with zero attached hydrogens (tertiary/aromatic N) is 4. The number of rotatable bonds is 2. The van der Waals surface area contributed by atoms with E-state index < -0.39 is 0 Å². The zero-order valence-electron chi connectivity index (χ0n) is 15.2. The van der Waals surface area contributed by atoms with Crippen molar-refractivity contribution in [1.29, 1.82) is 0 Å². The summed E-state index contributed by atoms with van der Waals surface area (Å²) in [5.41, 5.74) is 2.30. The Morgan fingerprint density at radius 1 is 0.963 bits per heavy atom. The van der Waals surface area contributed by atoms with Crippen LogP contribution in [0.5, 0.6) is 0 Å². The summed E-state index contributed by atoms with van der Waals surface area (Å²) < 4.78 is 0. The topological polar surface area (TPSA) is 112 Å². The highest BCUT2D eigenvalue weighted by molar-refractivity contribution is 6.28. The van der Waals surface area contributed by atoms with Gasteiger partial charge >= 0.3 is 0 Å². The van der Waals surface area contributed by atoms with Gasteiger partial charge in [-0.15, -0.1) is 10.2 Å². The molecular weight excluding hydrogens is 346 g/mol. The molecule has 2 aromatic carbocycles. The second-order valence-corrected chi connectivity index (χ2v) is 6.30. The fourth-order valence-electron chi connectivity index (χ4n) is 2.52. The van der Waals surface area contributed by atoms with E-state index in [1.807, 2.05) is 14.1 Å². The molecule has 0 bridgehead atoms. The van der Waals surface area contributed by atoms with Crippen molar-refractivity contribution < 1.29 is 14.7 Å². The molecule has 1 aliphatic carbocycles. The molecule has 3 aromatic rings.